The monoisotopic (exact) mass is 256 g/mol. The summed E-state index contributed by atoms with van der Waals surface area (Å²) < 4.78 is 0. The highest BCUT2D eigenvalue weighted by Crippen LogP contribution is 2.25. The van der Waals surface area contributed by atoms with Crippen LogP contribution in [0.3, 0.4) is 0 Å². The molecule has 0 radical (unpaired) electrons. The lowest BCUT2D eigenvalue weighted by Crippen LogP contribution is -2.42. The summed E-state index contributed by atoms with van der Waals surface area (Å²) in [6, 6.07) is -0.447. The molecule has 2 N–H and O–H groups in total. The maximum Gasteiger partial charge on any atom is 0.323 e. The molecule has 0 aliphatic heterocycles. The van der Waals surface area contributed by atoms with Gasteiger partial charge in [-0.3, -0.25) is 14.9 Å². The quantitative estimate of drug-likeness (QED) is 0.774. The molecule has 18 heavy (non-hydrogen) atoms. The number of hydrogen-bond acceptors (Lipinski definition) is 3. The smallest absolute Gasteiger partial charge is 0.323 e. The van der Waals surface area contributed by atoms with Crippen molar-refractivity contribution in [1.29, 1.82) is 0 Å². The van der Waals surface area contributed by atoms with Crippen LogP contribution in [0.2, 0.25) is 0 Å². The highest BCUT2D eigenvalue weighted by Gasteiger charge is 2.20. The average molecular weight is 256 g/mol. The lowest BCUT2D eigenvalue weighted by Gasteiger charge is -2.20. The summed E-state index contributed by atoms with van der Waals surface area (Å²) in [4.78, 5) is 34.7. The molecule has 102 valence electrons. The molecule has 1 aliphatic rings. The summed E-state index contributed by atoms with van der Waals surface area (Å²) in [6.45, 7) is 0.651. The summed E-state index contributed by atoms with van der Waals surface area (Å²) in [5, 5.41) is 10.6. The number of rotatable bonds is 5. The van der Waals surface area contributed by atoms with Crippen molar-refractivity contribution in [3.05, 3.63) is 0 Å². The second-order valence-corrected chi connectivity index (χ2v) is 4.78. The Labute approximate surface area is 106 Å². The third-order valence-corrected chi connectivity index (χ3v) is 3.17. The van der Waals surface area contributed by atoms with Gasteiger partial charge >= 0.3 is 12.0 Å². The third kappa shape index (κ3) is 5.16. The van der Waals surface area contributed by atoms with E-state index in [1.54, 1.807) is 7.05 Å². The number of carbonyl (C=O) groups is 3. The van der Waals surface area contributed by atoms with Gasteiger partial charge in [-0.1, -0.05) is 12.8 Å². The first-order chi connectivity index (χ1) is 8.49. The van der Waals surface area contributed by atoms with Crippen molar-refractivity contribution in [2.45, 2.75) is 38.5 Å². The number of imide groups is 1. The van der Waals surface area contributed by atoms with Gasteiger partial charge in [-0.15, -0.1) is 0 Å². The maximum atomic E-state index is 11.6. The Morgan fingerprint density at radius 3 is 2.39 bits per heavy atom. The van der Waals surface area contributed by atoms with Crippen LogP contribution in [0.15, 0.2) is 0 Å². The molecule has 1 rings (SSSR count). The number of aliphatic carboxylic acids is 1. The molecule has 0 aromatic rings. The van der Waals surface area contributed by atoms with Crippen molar-refractivity contribution < 1.29 is 19.5 Å². The van der Waals surface area contributed by atoms with Gasteiger partial charge in [-0.2, -0.15) is 0 Å². The van der Waals surface area contributed by atoms with Crippen LogP contribution in [0.4, 0.5) is 4.79 Å². The summed E-state index contributed by atoms with van der Waals surface area (Å²) in [6.07, 6.45) is 4.24. The largest absolute Gasteiger partial charge is 0.481 e. The molecule has 0 saturated heterocycles. The van der Waals surface area contributed by atoms with Gasteiger partial charge < -0.3 is 10.0 Å². The third-order valence-electron chi connectivity index (χ3n) is 3.17. The average Bonchev–Trinajstić information content (AvgIpc) is 2.79. The van der Waals surface area contributed by atoms with Gasteiger partial charge in [0.05, 0.1) is 6.42 Å². The van der Waals surface area contributed by atoms with E-state index >= 15 is 0 Å². The molecule has 0 unspecified atom stereocenters. The zero-order chi connectivity index (χ0) is 13.5. The van der Waals surface area contributed by atoms with Crippen LogP contribution in [0, 0.1) is 5.92 Å². The van der Waals surface area contributed by atoms with E-state index < -0.39 is 17.9 Å². The van der Waals surface area contributed by atoms with Crippen LogP contribution in [-0.2, 0) is 9.59 Å². The maximum absolute atomic E-state index is 11.6. The molecule has 1 fully saturated rings. The Hall–Kier alpha value is -1.59. The number of nitrogens with one attached hydrogen (secondary N) is 1. The fourth-order valence-corrected chi connectivity index (χ4v) is 2.16. The van der Waals surface area contributed by atoms with Crippen LogP contribution >= 0.6 is 0 Å². The Balaban J connectivity index is 2.25. The van der Waals surface area contributed by atoms with Crippen LogP contribution in [0.25, 0.3) is 0 Å². The number of amides is 3. The molecular weight excluding hydrogens is 236 g/mol. The molecule has 6 heteroatoms. The Morgan fingerprint density at radius 2 is 1.83 bits per heavy atom. The van der Waals surface area contributed by atoms with Gasteiger partial charge in [0.15, 0.2) is 0 Å². The summed E-state index contributed by atoms with van der Waals surface area (Å²) >= 11 is 0. The SMILES string of the molecule is CN(CC1CCCC1)C(=O)NC(=O)CCC(=O)O. The minimum absolute atomic E-state index is 0.168. The highest BCUT2D eigenvalue weighted by atomic mass is 16.4. The van der Waals surface area contributed by atoms with E-state index in [1.807, 2.05) is 0 Å². The van der Waals surface area contributed by atoms with E-state index in [0.29, 0.717) is 12.5 Å². The Kier molecular flexibility index (Phi) is 5.61. The standard InChI is InChI=1S/C12H20N2O4/c1-14(8-9-4-2-3-5-9)12(18)13-10(15)6-7-11(16)17/h9H,2-8H2,1H3,(H,16,17)(H,13,15,18). The molecule has 0 aromatic carbocycles. The van der Waals surface area contributed by atoms with E-state index in [0.717, 1.165) is 12.8 Å². The minimum atomic E-state index is -1.04. The van der Waals surface area contributed by atoms with Crippen molar-refractivity contribution in [2.24, 2.45) is 5.92 Å². The van der Waals surface area contributed by atoms with E-state index in [2.05, 4.69) is 5.32 Å². The van der Waals surface area contributed by atoms with Gasteiger partial charge in [0.25, 0.3) is 0 Å². The highest BCUT2D eigenvalue weighted by molar-refractivity contribution is 5.95. The van der Waals surface area contributed by atoms with E-state index in [4.69, 9.17) is 5.11 Å². The van der Waals surface area contributed by atoms with E-state index in [1.165, 1.54) is 17.7 Å². The fourth-order valence-electron chi connectivity index (χ4n) is 2.16. The van der Waals surface area contributed by atoms with Crippen molar-refractivity contribution in [3.63, 3.8) is 0 Å². The topological polar surface area (TPSA) is 86.7 Å². The summed E-state index contributed by atoms with van der Waals surface area (Å²) in [7, 11) is 1.65. The predicted molar refractivity (Wildman–Crippen MR) is 65.0 cm³/mol. The van der Waals surface area contributed by atoms with Crippen molar-refractivity contribution >= 4 is 17.9 Å². The van der Waals surface area contributed by atoms with Gasteiger partial charge in [0, 0.05) is 20.0 Å². The van der Waals surface area contributed by atoms with Gasteiger partial charge in [0.2, 0.25) is 5.91 Å². The number of hydrogen-bond donors (Lipinski definition) is 2. The molecule has 1 saturated carbocycles. The molecule has 1 aliphatic carbocycles. The van der Waals surface area contributed by atoms with E-state index in [9.17, 15) is 14.4 Å². The Morgan fingerprint density at radius 1 is 1.22 bits per heavy atom. The van der Waals surface area contributed by atoms with Crippen LogP contribution in [0.5, 0.6) is 0 Å². The van der Waals surface area contributed by atoms with Gasteiger partial charge in [-0.05, 0) is 18.8 Å². The molecule has 0 aromatic heterocycles. The number of urea groups is 1. The minimum Gasteiger partial charge on any atom is -0.481 e. The molecule has 3 amide bonds. The van der Waals surface area contributed by atoms with Crippen molar-refractivity contribution in [2.75, 3.05) is 13.6 Å². The first-order valence-corrected chi connectivity index (χ1v) is 6.25. The number of carboxylic acid groups (broad SMARTS) is 1. The van der Waals surface area contributed by atoms with Gasteiger partial charge in [-0.25, -0.2) is 4.79 Å². The zero-order valence-electron chi connectivity index (χ0n) is 10.6. The number of carbonyl (C=O) groups excluding carboxylic acids is 2. The molecule has 6 nitrogen and oxygen atoms in total. The van der Waals surface area contributed by atoms with Crippen molar-refractivity contribution in [1.82, 2.24) is 10.2 Å². The normalized spacial score (nSPS) is 15.4. The van der Waals surface area contributed by atoms with Crippen molar-refractivity contribution in [3.8, 4) is 0 Å². The predicted octanol–water partition coefficient (Wildman–Crippen LogP) is 1.21. The number of carboxylic acids is 1. The second kappa shape index (κ2) is 6.98. The van der Waals surface area contributed by atoms with E-state index in [-0.39, 0.29) is 12.8 Å². The number of nitrogens with zero attached hydrogens (tertiary/aromatic N) is 1. The second-order valence-electron chi connectivity index (χ2n) is 4.78. The first kappa shape index (κ1) is 14.5. The zero-order valence-corrected chi connectivity index (χ0v) is 10.6. The molecule has 0 bridgehead atoms. The first-order valence-electron chi connectivity index (χ1n) is 6.25. The molecule has 0 heterocycles. The molecular formula is C12H20N2O4. The van der Waals surface area contributed by atoms with Crippen LogP contribution in [0.1, 0.15) is 38.5 Å². The van der Waals surface area contributed by atoms with Gasteiger partial charge in [0.1, 0.15) is 0 Å². The summed E-state index contributed by atoms with van der Waals surface area (Å²) in [5.41, 5.74) is 0. The lowest BCUT2D eigenvalue weighted by atomic mass is 10.1. The van der Waals surface area contributed by atoms with Crippen LogP contribution in [-0.4, -0.2) is 41.5 Å². The molecule has 0 spiro atoms. The lowest BCUT2D eigenvalue weighted by molar-refractivity contribution is -0.138. The summed E-state index contributed by atoms with van der Waals surface area (Å²) in [5.74, 6) is -1.06. The van der Waals surface area contributed by atoms with Crippen LogP contribution < -0.4 is 5.32 Å². The Bertz CT molecular complexity index is 324. The molecule has 0 atom stereocenters. The fraction of sp³-hybridized carbons (Fsp3) is 0.750.